The second-order valence-electron chi connectivity index (χ2n) is 8.04. The van der Waals surface area contributed by atoms with Gasteiger partial charge in [0.15, 0.2) is 0 Å². The van der Waals surface area contributed by atoms with Crippen LogP contribution in [0.2, 0.25) is 0 Å². The number of amides is 1. The molecular formula is C24H28N2O3. The monoisotopic (exact) mass is 392 g/mol. The minimum atomic E-state index is -0.115. The molecule has 0 N–H and O–H groups in total. The Balaban J connectivity index is 1.66. The third-order valence-electron chi connectivity index (χ3n) is 5.80. The van der Waals surface area contributed by atoms with E-state index in [1.54, 1.807) is 7.11 Å². The second kappa shape index (κ2) is 7.91. The summed E-state index contributed by atoms with van der Waals surface area (Å²) < 4.78 is 13.6. The molecule has 1 saturated heterocycles. The summed E-state index contributed by atoms with van der Waals surface area (Å²) in [5, 5.41) is 1.00. The highest BCUT2D eigenvalue weighted by Gasteiger charge is 2.34. The van der Waals surface area contributed by atoms with Gasteiger partial charge in [0.2, 0.25) is 0 Å². The Labute approximate surface area is 171 Å². The number of aromatic nitrogens is 1. The van der Waals surface area contributed by atoms with E-state index < -0.39 is 0 Å². The van der Waals surface area contributed by atoms with Crippen LogP contribution in [0.25, 0.3) is 10.9 Å². The van der Waals surface area contributed by atoms with E-state index in [1.807, 2.05) is 59.0 Å². The van der Waals surface area contributed by atoms with Crippen LogP contribution in [-0.2, 0) is 11.8 Å². The number of ether oxygens (including phenoxy) is 2. The molecule has 2 atom stereocenters. The number of methoxy groups -OCH3 is 1. The molecule has 3 aromatic rings. The van der Waals surface area contributed by atoms with Crippen molar-refractivity contribution in [2.24, 2.45) is 13.0 Å². The van der Waals surface area contributed by atoms with E-state index in [-0.39, 0.29) is 18.1 Å². The number of carbonyl (C=O) groups is 1. The van der Waals surface area contributed by atoms with Crippen molar-refractivity contribution in [2.75, 3.05) is 20.2 Å². The van der Waals surface area contributed by atoms with E-state index in [9.17, 15) is 4.79 Å². The normalized spacial score (nSPS) is 19.7. The number of carbonyl (C=O) groups excluding carboxylic acids is 1. The van der Waals surface area contributed by atoms with Gasteiger partial charge in [0.05, 0.1) is 19.8 Å². The van der Waals surface area contributed by atoms with Crippen molar-refractivity contribution in [1.29, 1.82) is 0 Å². The number of aryl methyl sites for hydroxylation is 1. The van der Waals surface area contributed by atoms with Gasteiger partial charge < -0.3 is 18.9 Å². The third kappa shape index (κ3) is 3.75. The summed E-state index contributed by atoms with van der Waals surface area (Å²) in [4.78, 5) is 15.4. The number of hydrogen-bond acceptors (Lipinski definition) is 3. The maximum atomic E-state index is 13.5. The van der Waals surface area contributed by atoms with Crippen LogP contribution in [0.4, 0.5) is 0 Å². The molecule has 0 unspecified atom stereocenters. The van der Waals surface area contributed by atoms with Crippen molar-refractivity contribution in [1.82, 2.24) is 9.47 Å². The molecule has 1 aliphatic heterocycles. The molecule has 152 valence electrons. The van der Waals surface area contributed by atoms with Crippen LogP contribution in [-0.4, -0.2) is 41.7 Å². The lowest BCUT2D eigenvalue weighted by atomic mass is 10.0. The van der Waals surface area contributed by atoms with Gasteiger partial charge in [-0.2, -0.15) is 0 Å². The van der Waals surface area contributed by atoms with Gasteiger partial charge in [0.25, 0.3) is 5.91 Å². The van der Waals surface area contributed by atoms with Gasteiger partial charge in [0, 0.05) is 24.5 Å². The van der Waals surface area contributed by atoms with Crippen molar-refractivity contribution in [3.8, 4) is 5.75 Å². The van der Waals surface area contributed by atoms with Crippen LogP contribution in [0.3, 0.4) is 0 Å². The first kappa shape index (κ1) is 19.5. The predicted octanol–water partition coefficient (Wildman–Crippen LogP) is 4.43. The molecule has 5 nitrogen and oxygen atoms in total. The Morgan fingerprint density at radius 3 is 2.55 bits per heavy atom. The van der Waals surface area contributed by atoms with Crippen LogP contribution in [0.1, 0.15) is 36.0 Å². The van der Waals surface area contributed by atoms with Crippen molar-refractivity contribution in [3.63, 3.8) is 0 Å². The number of rotatable bonds is 4. The van der Waals surface area contributed by atoms with E-state index in [0.29, 0.717) is 24.7 Å². The van der Waals surface area contributed by atoms with Crippen LogP contribution in [0.15, 0.2) is 54.6 Å². The number of fused-ring (bicyclic) bond motifs is 1. The Morgan fingerprint density at radius 2 is 1.86 bits per heavy atom. The smallest absolute Gasteiger partial charge is 0.270 e. The lowest BCUT2D eigenvalue weighted by Gasteiger charge is -2.40. The minimum absolute atomic E-state index is 0.00712. The molecular weight excluding hydrogens is 364 g/mol. The van der Waals surface area contributed by atoms with Crippen LogP contribution in [0, 0.1) is 5.92 Å². The molecule has 1 fully saturated rings. The highest BCUT2D eigenvalue weighted by molar-refractivity contribution is 5.99. The van der Waals surface area contributed by atoms with Crippen LogP contribution in [0.5, 0.6) is 5.75 Å². The summed E-state index contributed by atoms with van der Waals surface area (Å²) in [5.74, 6) is 1.16. The maximum Gasteiger partial charge on any atom is 0.270 e. The Bertz CT molecular complexity index is 1010. The van der Waals surface area contributed by atoms with E-state index >= 15 is 0 Å². The predicted molar refractivity (Wildman–Crippen MR) is 114 cm³/mol. The molecule has 0 radical (unpaired) electrons. The fraction of sp³-hybridized carbons (Fsp3) is 0.375. The minimum Gasteiger partial charge on any atom is -0.497 e. The quantitative estimate of drug-likeness (QED) is 0.660. The Morgan fingerprint density at radius 1 is 1.10 bits per heavy atom. The summed E-state index contributed by atoms with van der Waals surface area (Å²) in [6.07, 6.45) is -0.108. The Kier molecular flexibility index (Phi) is 5.33. The molecule has 2 aromatic carbocycles. The highest BCUT2D eigenvalue weighted by atomic mass is 16.5. The number of nitrogens with zero attached hydrogens (tertiary/aromatic N) is 2. The average Bonchev–Trinajstić information content (AvgIpc) is 3.09. The van der Waals surface area contributed by atoms with Crippen molar-refractivity contribution in [3.05, 3.63) is 65.9 Å². The summed E-state index contributed by atoms with van der Waals surface area (Å²) in [7, 11) is 3.59. The first-order valence-electron chi connectivity index (χ1n) is 10.1. The molecule has 4 rings (SSSR count). The van der Waals surface area contributed by atoms with E-state index in [4.69, 9.17) is 9.47 Å². The maximum absolute atomic E-state index is 13.5. The topological polar surface area (TPSA) is 43.7 Å². The number of hydrogen-bond donors (Lipinski definition) is 0. The molecule has 29 heavy (non-hydrogen) atoms. The first-order valence-corrected chi connectivity index (χ1v) is 10.1. The zero-order chi connectivity index (χ0) is 20.5. The van der Waals surface area contributed by atoms with E-state index in [2.05, 4.69) is 26.0 Å². The van der Waals surface area contributed by atoms with Gasteiger partial charge in [-0.3, -0.25) is 4.79 Å². The first-order chi connectivity index (χ1) is 14.0. The molecule has 1 aliphatic rings. The number of morpholine rings is 1. The third-order valence-corrected chi connectivity index (χ3v) is 5.80. The molecule has 0 bridgehead atoms. The highest BCUT2D eigenvalue weighted by Crippen LogP contribution is 2.30. The van der Waals surface area contributed by atoms with E-state index in [0.717, 1.165) is 22.2 Å². The average molecular weight is 392 g/mol. The SMILES string of the molecule is COc1ccc2c(c1)cc(C(=O)N1C[C@@H](c3ccccc3)O[C@@H](C(C)C)C1)n2C. The van der Waals surface area contributed by atoms with Gasteiger partial charge in [-0.15, -0.1) is 0 Å². The van der Waals surface area contributed by atoms with Gasteiger partial charge in [-0.1, -0.05) is 44.2 Å². The van der Waals surface area contributed by atoms with Gasteiger partial charge >= 0.3 is 0 Å². The molecule has 1 amide bonds. The summed E-state index contributed by atoms with van der Waals surface area (Å²) in [5.41, 5.74) is 2.81. The number of benzene rings is 2. The lowest BCUT2D eigenvalue weighted by molar-refractivity contribution is -0.0956. The van der Waals surface area contributed by atoms with Gasteiger partial charge in [0.1, 0.15) is 17.5 Å². The molecule has 0 aliphatic carbocycles. The van der Waals surface area contributed by atoms with Gasteiger partial charge in [-0.25, -0.2) is 0 Å². The fourth-order valence-corrected chi connectivity index (χ4v) is 4.00. The van der Waals surface area contributed by atoms with Crippen molar-refractivity contribution < 1.29 is 14.3 Å². The molecule has 1 aromatic heterocycles. The summed E-state index contributed by atoms with van der Waals surface area (Å²) >= 11 is 0. The second-order valence-corrected chi connectivity index (χ2v) is 8.04. The van der Waals surface area contributed by atoms with Crippen molar-refractivity contribution in [2.45, 2.75) is 26.1 Å². The summed E-state index contributed by atoms with van der Waals surface area (Å²) in [6.45, 7) is 5.44. The molecule has 5 heteroatoms. The standard InChI is InChI=1S/C24H28N2O3/c1-16(2)22-14-26(15-23(29-22)17-8-6-5-7-9-17)24(27)21-13-18-12-19(28-4)10-11-20(18)25(21)3/h5-13,16,22-23H,14-15H2,1-4H3/t22-,23+/m1/s1. The molecule has 0 spiro atoms. The summed E-state index contributed by atoms with van der Waals surface area (Å²) in [6, 6.07) is 18.0. The largest absolute Gasteiger partial charge is 0.497 e. The molecule has 0 saturated carbocycles. The van der Waals surface area contributed by atoms with E-state index in [1.165, 1.54) is 0 Å². The fourth-order valence-electron chi connectivity index (χ4n) is 4.00. The van der Waals surface area contributed by atoms with Crippen LogP contribution < -0.4 is 4.74 Å². The lowest BCUT2D eigenvalue weighted by Crippen LogP contribution is -2.49. The van der Waals surface area contributed by atoms with Crippen molar-refractivity contribution >= 4 is 16.8 Å². The molecule has 2 heterocycles. The van der Waals surface area contributed by atoms with Gasteiger partial charge in [-0.05, 0) is 35.7 Å². The zero-order valence-corrected chi connectivity index (χ0v) is 17.5. The Hall–Kier alpha value is -2.79. The zero-order valence-electron chi connectivity index (χ0n) is 17.5. The van der Waals surface area contributed by atoms with Crippen LogP contribution >= 0.6 is 0 Å².